The Morgan fingerprint density at radius 3 is 1.96 bits per heavy atom. The Labute approximate surface area is 354 Å². The lowest BCUT2D eigenvalue weighted by Crippen LogP contribution is -2.51. The Morgan fingerprint density at radius 1 is 0.719 bits per heavy atom. The third-order valence-electron chi connectivity index (χ3n) is 15.8. The van der Waals surface area contributed by atoms with E-state index in [9.17, 15) is 4.79 Å². The summed E-state index contributed by atoms with van der Waals surface area (Å²) in [4.78, 5) is 12.9. The number of carbonyl (C=O) groups is 1. The second kappa shape index (κ2) is 25.5. The second-order valence-electron chi connectivity index (χ2n) is 20.0. The van der Waals surface area contributed by atoms with Crippen molar-refractivity contribution < 1.29 is 9.53 Å². The summed E-state index contributed by atoms with van der Waals surface area (Å²) >= 11 is 0. The molecule has 0 aromatic rings. The highest BCUT2D eigenvalue weighted by molar-refractivity contribution is 5.69. The molecule has 0 aliphatic heterocycles. The summed E-state index contributed by atoms with van der Waals surface area (Å²) in [5.41, 5.74) is 2.42. The number of carbonyl (C=O) groups excluding carboxylic acids is 1. The quantitative estimate of drug-likeness (QED) is 0.0496. The molecule has 0 spiro atoms. The molecule has 0 radical (unpaired) electrons. The molecule has 4 rings (SSSR count). The summed E-state index contributed by atoms with van der Waals surface area (Å²) in [7, 11) is 0. The smallest absolute Gasteiger partial charge is 0.306 e. The van der Waals surface area contributed by atoms with Gasteiger partial charge in [-0.1, -0.05) is 166 Å². The Bertz CT molecular complexity index is 1330. The van der Waals surface area contributed by atoms with E-state index in [0.717, 1.165) is 74.5 Å². The first-order valence-electron chi connectivity index (χ1n) is 24.8. The first-order valence-corrected chi connectivity index (χ1v) is 24.8. The van der Waals surface area contributed by atoms with Gasteiger partial charge in [-0.25, -0.2) is 0 Å². The fourth-order valence-corrected chi connectivity index (χ4v) is 12.1. The number of fused-ring (bicyclic) bond motifs is 5. The Balaban J connectivity index is 1.04. The minimum absolute atomic E-state index is 0.0455. The molecule has 57 heavy (non-hydrogen) atoms. The molecule has 3 saturated carbocycles. The van der Waals surface area contributed by atoms with Gasteiger partial charge in [-0.05, 0) is 155 Å². The summed E-state index contributed by atoms with van der Waals surface area (Å²) in [5, 5.41) is 0. The molecule has 2 nitrogen and oxygen atoms in total. The molecule has 9 atom stereocenters. The largest absolute Gasteiger partial charge is 0.462 e. The van der Waals surface area contributed by atoms with Gasteiger partial charge in [0.05, 0.1) is 0 Å². The van der Waals surface area contributed by atoms with Crippen molar-refractivity contribution in [3.8, 4) is 0 Å². The van der Waals surface area contributed by atoms with Crippen LogP contribution in [0.5, 0.6) is 0 Å². The topological polar surface area (TPSA) is 26.3 Å². The van der Waals surface area contributed by atoms with E-state index in [-0.39, 0.29) is 12.1 Å². The minimum Gasteiger partial charge on any atom is -0.462 e. The molecule has 0 N–H and O–H groups in total. The molecule has 4 aliphatic carbocycles. The summed E-state index contributed by atoms with van der Waals surface area (Å²) in [6.07, 6.45) is 56.4. The molecule has 4 aliphatic rings. The van der Waals surface area contributed by atoms with E-state index >= 15 is 0 Å². The first kappa shape index (κ1) is 47.6. The molecule has 2 heteroatoms. The van der Waals surface area contributed by atoms with Crippen LogP contribution in [0.25, 0.3) is 0 Å². The highest BCUT2D eigenvalue weighted by Gasteiger charge is 2.59. The second-order valence-corrected chi connectivity index (χ2v) is 20.0. The summed E-state index contributed by atoms with van der Waals surface area (Å²) in [5.74, 6) is 5.49. The van der Waals surface area contributed by atoms with E-state index in [2.05, 4.69) is 115 Å². The molecule has 9 unspecified atom stereocenters. The van der Waals surface area contributed by atoms with Gasteiger partial charge in [0.1, 0.15) is 6.10 Å². The molecule has 0 amide bonds. The monoisotopic (exact) mass is 783 g/mol. The van der Waals surface area contributed by atoms with Crippen LogP contribution in [0.15, 0.2) is 72.4 Å². The average molecular weight is 783 g/mol. The zero-order valence-corrected chi connectivity index (χ0v) is 38.5. The van der Waals surface area contributed by atoms with Crippen LogP contribution in [-0.4, -0.2) is 12.1 Å². The Hall–Kier alpha value is -2.09. The predicted molar refractivity (Wildman–Crippen MR) is 248 cm³/mol. The number of rotatable bonds is 26. The number of ether oxygens (including phenoxy) is 1. The lowest BCUT2D eigenvalue weighted by atomic mass is 9.47. The van der Waals surface area contributed by atoms with E-state index in [1.165, 1.54) is 109 Å². The van der Waals surface area contributed by atoms with E-state index in [1.807, 2.05) is 0 Å². The van der Waals surface area contributed by atoms with E-state index in [4.69, 9.17) is 4.74 Å². The van der Waals surface area contributed by atoms with Crippen molar-refractivity contribution in [3.63, 3.8) is 0 Å². The van der Waals surface area contributed by atoms with Gasteiger partial charge in [-0.2, -0.15) is 0 Å². The molecule has 0 aromatic carbocycles. The van der Waals surface area contributed by atoms with Crippen LogP contribution in [0.3, 0.4) is 0 Å². The van der Waals surface area contributed by atoms with Crippen molar-refractivity contribution in [3.05, 3.63) is 72.4 Å². The van der Waals surface area contributed by atoms with Gasteiger partial charge in [0.15, 0.2) is 0 Å². The van der Waals surface area contributed by atoms with Gasteiger partial charge < -0.3 is 4.74 Å². The normalized spacial score (nSPS) is 30.1. The highest BCUT2D eigenvalue weighted by atomic mass is 16.5. The predicted octanol–water partition coefficient (Wildman–Crippen LogP) is 16.8. The van der Waals surface area contributed by atoms with Gasteiger partial charge in [0, 0.05) is 12.8 Å². The van der Waals surface area contributed by atoms with E-state index in [1.54, 1.807) is 5.57 Å². The summed E-state index contributed by atoms with van der Waals surface area (Å²) in [6, 6.07) is 0. The van der Waals surface area contributed by atoms with Crippen LogP contribution in [-0.2, 0) is 9.53 Å². The van der Waals surface area contributed by atoms with Crippen LogP contribution in [0.4, 0.5) is 0 Å². The SMILES string of the molecule is CCCCC/C=C\C/C=C\C/C=C\C/C=C\CCCCCCCCCC(=O)OC1CCC2(C)C(=CCC3C2CCC2(C)C(C(C)/C=C/C(CC)C(C)C)CCC32)C1. The molecular weight excluding hydrogens is 693 g/mol. The van der Waals surface area contributed by atoms with E-state index < -0.39 is 0 Å². The minimum atomic E-state index is 0.0455. The maximum Gasteiger partial charge on any atom is 0.306 e. The van der Waals surface area contributed by atoms with Crippen LogP contribution >= 0.6 is 0 Å². The van der Waals surface area contributed by atoms with Crippen LogP contribution in [0.2, 0.25) is 0 Å². The third kappa shape index (κ3) is 14.6. The van der Waals surface area contributed by atoms with Gasteiger partial charge in [-0.3, -0.25) is 4.79 Å². The van der Waals surface area contributed by atoms with Crippen molar-refractivity contribution >= 4 is 5.97 Å². The lowest BCUT2D eigenvalue weighted by Gasteiger charge is -2.58. The van der Waals surface area contributed by atoms with Crippen molar-refractivity contribution in [1.29, 1.82) is 0 Å². The van der Waals surface area contributed by atoms with Gasteiger partial charge in [0.2, 0.25) is 0 Å². The van der Waals surface area contributed by atoms with Gasteiger partial charge in [0.25, 0.3) is 0 Å². The van der Waals surface area contributed by atoms with Crippen molar-refractivity contribution in [2.24, 2.45) is 52.3 Å². The molecule has 322 valence electrons. The van der Waals surface area contributed by atoms with Gasteiger partial charge >= 0.3 is 5.97 Å². The Kier molecular flexibility index (Phi) is 21.3. The average Bonchev–Trinajstić information content (AvgIpc) is 3.55. The maximum absolute atomic E-state index is 12.9. The molecule has 0 aromatic heterocycles. The molecule has 3 fully saturated rings. The Morgan fingerprint density at radius 2 is 1.33 bits per heavy atom. The number of hydrogen-bond donors (Lipinski definition) is 0. The fraction of sp³-hybridized carbons (Fsp3) is 0.764. The van der Waals surface area contributed by atoms with Crippen LogP contribution in [0, 0.1) is 52.3 Å². The summed E-state index contributed by atoms with van der Waals surface area (Å²) < 4.78 is 6.16. The summed E-state index contributed by atoms with van der Waals surface area (Å²) in [6.45, 7) is 17.2. The molecule has 0 heterocycles. The zero-order chi connectivity index (χ0) is 40.9. The third-order valence-corrected chi connectivity index (χ3v) is 15.8. The maximum atomic E-state index is 12.9. The number of esters is 1. The fourth-order valence-electron chi connectivity index (χ4n) is 12.1. The van der Waals surface area contributed by atoms with Crippen molar-refractivity contribution in [2.75, 3.05) is 0 Å². The number of allylic oxidation sites excluding steroid dienone is 11. The first-order chi connectivity index (χ1) is 27.6. The highest BCUT2D eigenvalue weighted by Crippen LogP contribution is 2.67. The molecule has 0 bridgehead atoms. The van der Waals surface area contributed by atoms with Crippen molar-refractivity contribution in [2.45, 2.75) is 215 Å². The van der Waals surface area contributed by atoms with Crippen molar-refractivity contribution in [1.82, 2.24) is 0 Å². The lowest BCUT2D eigenvalue weighted by molar-refractivity contribution is -0.151. The van der Waals surface area contributed by atoms with E-state index in [0.29, 0.717) is 29.1 Å². The molecular formula is C55H90O2. The number of unbranched alkanes of at least 4 members (excludes halogenated alkanes) is 10. The van der Waals surface area contributed by atoms with Gasteiger partial charge in [-0.15, -0.1) is 0 Å². The van der Waals surface area contributed by atoms with Crippen LogP contribution < -0.4 is 0 Å². The number of hydrogen-bond acceptors (Lipinski definition) is 2. The molecule has 0 saturated heterocycles. The van der Waals surface area contributed by atoms with Crippen LogP contribution in [0.1, 0.15) is 209 Å². The standard InChI is InChI=1S/C55H90O2/c1-8-10-11-12-13-14-15-16-17-18-19-20-21-22-23-24-25-26-27-28-29-30-31-32-53(56)57-48-39-41-54(6)47(43-48)35-36-49-51-38-37-50(55(51,7)42-40-52(49)54)45(5)33-34-46(9-2)44(3)4/h13-14,16-17,19-20,22-23,33-35,44-46,48-52H,8-12,15,18,21,24-32,36-43H2,1-7H3/b14-13-,17-16-,20-19-,23-22-,34-33+. The zero-order valence-electron chi connectivity index (χ0n) is 38.5.